The van der Waals surface area contributed by atoms with Crippen LogP contribution in [0, 0.1) is 3.57 Å². The molecule has 1 heterocycles. The van der Waals surface area contributed by atoms with E-state index in [0.29, 0.717) is 3.57 Å². The third-order valence-corrected chi connectivity index (χ3v) is 2.58. The molecule has 0 unspecified atom stereocenters. The summed E-state index contributed by atoms with van der Waals surface area (Å²) in [6.07, 6.45) is -3.43. The van der Waals surface area contributed by atoms with Crippen LogP contribution in [0.3, 0.4) is 0 Å². The Kier molecular flexibility index (Phi) is 4.08. The molecular weight excluding hydrogens is 340 g/mol. The molecule has 1 rings (SSSR count). The lowest BCUT2D eigenvalue weighted by molar-refractivity contribution is -0.275. The van der Waals surface area contributed by atoms with Gasteiger partial charge >= 0.3 is 6.36 Å². The molecule has 0 fully saturated rings. The summed E-state index contributed by atoms with van der Waals surface area (Å²) in [5.74, 6) is -0.628. The number of aromatic nitrogens is 1. The number of pyridine rings is 1. The number of nitrogens with zero attached hydrogens (tertiary/aromatic N) is 1. The van der Waals surface area contributed by atoms with Crippen LogP contribution in [0.1, 0.15) is 16.1 Å². The number of ether oxygens (including phenoxy) is 1. The van der Waals surface area contributed by atoms with E-state index in [-0.39, 0.29) is 18.4 Å². The maximum Gasteiger partial charge on any atom is 0.573 e. The zero-order valence-electron chi connectivity index (χ0n) is 7.71. The molecule has 0 amide bonds. The molecule has 16 heavy (non-hydrogen) atoms. The number of halogens is 4. The fraction of sp³-hybridized carbons (Fsp3) is 0.250. The van der Waals surface area contributed by atoms with E-state index in [1.165, 1.54) is 6.20 Å². The summed E-state index contributed by atoms with van der Waals surface area (Å²) in [7, 11) is 0. The monoisotopic (exact) mass is 346 g/mol. The number of hydrogen-bond acceptors (Lipinski definition) is 4. The Morgan fingerprint density at radius 3 is 2.62 bits per heavy atom. The minimum Gasteiger partial charge on any atom is -0.403 e. The van der Waals surface area contributed by atoms with Gasteiger partial charge in [0.1, 0.15) is 5.69 Å². The molecule has 0 saturated heterocycles. The van der Waals surface area contributed by atoms with Crippen LogP contribution in [-0.2, 0) is 6.54 Å². The summed E-state index contributed by atoms with van der Waals surface area (Å²) in [5, 5.41) is 0. The maximum atomic E-state index is 12.1. The largest absolute Gasteiger partial charge is 0.573 e. The lowest BCUT2D eigenvalue weighted by atomic mass is 10.2. The van der Waals surface area contributed by atoms with Gasteiger partial charge in [-0.05, 0) is 22.6 Å². The van der Waals surface area contributed by atoms with Crippen molar-refractivity contribution in [2.45, 2.75) is 12.9 Å². The first-order chi connectivity index (χ1) is 7.39. The van der Waals surface area contributed by atoms with Gasteiger partial charge in [-0.25, -0.2) is 4.98 Å². The van der Waals surface area contributed by atoms with Gasteiger partial charge in [-0.2, -0.15) is 0 Å². The van der Waals surface area contributed by atoms with E-state index < -0.39 is 17.8 Å². The Morgan fingerprint density at radius 1 is 1.56 bits per heavy atom. The summed E-state index contributed by atoms with van der Waals surface area (Å²) in [5.41, 5.74) is 4.99. The summed E-state index contributed by atoms with van der Waals surface area (Å²) in [4.78, 5) is 14.1. The van der Waals surface area contributed by atoms with E-state index in [2.05, 4.69) is 9.72 Å². The number of nitrogens with two attached hydrogens (primary N) is 1. The lowest BCUT2D eigenvalue weighted by Gasteiger charge is -2.14. The van der Waals surface area contributed by atoms with Crippen molar-refractivity contribution in [2.24, 2.45) is 5.73 Å². The molecule has 0 saturated carbocycles. The number of carbonyl (C=O) groups excluding carboxylic acids is 1. The van der Waals surface area contributed by atoms with Crippen LogP contribution in [-0.4, -0.2) is 17.6 Å². The third-order valence-electron chi connectivity index (χ3n) is 1.65. The van der Waals surface area contributed by atoms with Crippen molar-refractivity contribution >= 4 is 28.9 Å². The Labute approximate surface area is 102 Å². The van der Waals surface area contributed by atoms with Crippen LogP contribution in [0.5, 0.6) is 5.75 Å². The highest BCUT2D eigenvalue weighted by Gasteiger charge is 2.34. The first-order valence-electron chi connectivity index (χ1n) is 3.97. The standard InChI is InChI=1S/C8H6F3IN2O2/c9-8(10,11)16-7-4(1-13)5(12)2-14-6(7)3-15/h2-3H,1,13H2. The first-order valence-corrected chi connectivity index (χ1v) is 5.05. The first kappa shape index (κ1) is 13.2. The van der Waals surface area contributed by atoms with Crippen molar-refractivity contribution < 1.29 is 22.7 Å². The van der Waals surface area contributed by atoms with Crippen LogP contribution in [0.4, 0.5) is 13.2 Å². The molecule has 0 atom stereocenters. The molecule has 0 bridgehead atoms. The van der Waals surface area contributed by atoms with Gasteiger partial charge in [-0.1, -0.05) is 0 Å². The van der Waals surface area contributed by atoms with Gasteiger partial charge in [0.15, 0.2) is 12.0 Å². The van der Waals surface area contributed by atoms with Gasteiger partial charge in [-0.3, -0.25) is 4.79 Å². The maximum absolute atomic E-state index is 12.1. The highest BCUT2D eigenvalue weighted by molar-refractivity contribution is 14.1. The van der Waals surface area contributed by atoms with E-state index in [1.807, 2.05) is 0 Å². The molecule has 0 aliphatic heterocycles. The SMILES string of the molecule is NCc1c(I)cnc(C=O)c1OC(F)(F)F. The molecule has 88 valence electrons. The summed E-state index contributed by atoms with van der Waals surface area (Å²) in [6, 6.07) is 0. The van der Waals surface area contributed by atoms with E-state index in [1.54, 1.807) is 22.6 Å². The fourth-order valence-corrected chi connectivity index (χ4v) is 1.63. The second-order valence-electron chi connectivity index (χ2n) is 2.67. The number of rotatable bonds is 3. The zero-order chi connectivity index (χ0) is 12.3. The van der Waals surface area contributed by atoms with E-state index in [9.17, 15) is 18.0 Å². The lowest BCUT2D eigenvalue weighted by Crippen LogP contribution is -2.21. The number of carbonyl (C=O) groups is 1. The smallest absolute Gasteiger partial charge is 0.403 e. The Morgan fingerprint density at radius 2 is 2.19 bits per heavy atom. The van der Waals surface area contributed by atoms with Crippen molar-refractivity contribution in [3.05, 3.63) is 21.0 Å². The topological polar surface area (TPSA) is 65.2 Å². The summed E-state index contributed by atoms with van der Waals surface area (Å²) < 4.78 is 40.4. The van der Waals surface area contributed by atoms with Gasteiger partial charge in [0.25, 0.3) is 0 Å². The third kappa shape index (κ3) is 3.04. The number of hydrogen-bond donors (Lipinski definition) is 1. The van der Waals surface area contributed by atoms with Crippen molar-refractivity contribution in [1.82, 2.24) is 4.98 Å². The quantitative estimate of drug-likeness (QED) is 0.670. The Bertz CT molecular complexity index is 409. The second-order valence-corrected chi connectivity index (χ2v) is 3.83. The molecule has 8 heteroatoms. The highest BCUT2D eigenvalue weighted by atomic mass is 127. The van der Waals surface area contributed by atoms with Crippen LogP contribution in [0.2, 0.25) is 0 Å². The van der Waals surface area contributed by atoms with Crippen molar-refractivity contribution in [1.29, 1.82) is 0 Å². The van der Waals surface area contributed by atoms with Crippen LogP contribution < -0.4 is 10.5 Å². The van der Waals surface area contributed by atoms with Gasteiger partial charge < -0.3 is 10.5 Å². The number of alkyl halides is 3. The molecule has 4 nitrogen and oxygen atoms in total. The zero-order valence-corrected chi connectivity index (χ0v) is 9.87. The predicted octanol–water partition coefficient (Wildman–Crippen LogP) is 1.86. The Balaban J connectivity index is 3.31. The predicted molar refractivity (Wildman–Crippen MR) is 56.9 cm³/mol. The molecule has 1 aromatic heterocycles. The molecular formula is C8H6F3IN2O2. The van der Waals surface area contributed by atoms with Crippen LogP contribution >= 0.6 is 22.6 Å². The minimum atomic E-state index is -4.88. The minimum absolute atomic E-state index is 0.107. The highest BCUT2D eigenvalue weighted by Crippen LogP contribution is 2.30. The van der Waals surface area contributed by atoms with Gasteiger partial charge in [0, 0.05) is 21.9 Å². The fourth-order valence-electron chi connectivity index (χ4n) is 1.03. The van der Waals surface area contributed by atoms with Crippen LogP contribution in [0.25, 0.3) is 0 Å². The molecule has 1 aromatic rings. The van der Waals surface area contributed by atoms with Gasteiger partial charge in [-0.15, -0.1) is 13.2 Å². The second kappa shape index (κ2) is 4.95. The van der Waals surface area contributed by atoms with Gasteiger partial charge in [0.2, 0.25) is 0 Å². The summed E-state index contributed by atoms with van der Waals surface area (Å²) in [6.45, 7) is -0.174. The van der Waals surface area contributed by atoms with Crippen molar-refractivity contribution in [3.8, 4) is 5.75 Å². The summed E-state index contributed by atoms with van der Waals surface area (Å²) >= 11 is 1.76. The average Bonchev–Trinajstić information content (AvgIpc) is 2.16. The normalized spacial score (nSPS) is 11.3. The molecule has 0 aromatic carbocycles. The Hall–Kier alpha value is -0.900. The molecule has 0 aliphatic rings. The average molecular weight is 346 g/mol. The van der Waals surface area contributed by atoms with Gasteiger partial charge in [0.05, 0.1) is 0 Å². The molecule has 0 aliphatic carbocycles. The number of aldehydes is 1. The molecule has 0 spiro atoms. The molecule has 0 radical (unpaired) electrons. The molecule has 2 N–H and O–H groups in total. The van der Waals surface area contributed by atoms with Crippen molar-refractivity contribution in [2.75, 3.05) is 0 Å². The van der Waals surface area contributed by atoms with Crippen LogP contribution in [0.15, 0.2) is 6.20 Å². The van der Waals surface area contributed by atoms with E-state index in [0.717, 1.165) is 0 Å². The van der Waals surface area contributed by atoms with E-state index >= 15 is 0 Å². The van der Waals surface area contributed by atoms with E-state index in [4.69, 9.17) is 5.73 Å². The van der Waals surface area contributed by atoms with Crippen molar-refractivity contribution in [3.63, 3.8) is 0 Å².